The van der Waals surface area contributed by atoms with Crippen molar-refractivity contribution in [2.75, 3.05) is 0 Å². The summed E-state index contributed by atoms with van der Waals surface area (Å²) in [6.45, 7) is 1.77. The Labute approximate surface area is 172 Å². The van der Waals surface area contributed by atoms with Gasteiger partial charge in [0.2, 0.25) is 0 Å². The van der Waals surface area contributed by atoms with Gasteiger partial charge in [-0.1, -0.05) is 30.0 Å². The minimum Gasteiger partial charge on any atom is -0.299 e. The van der Waals surface area contributed by atoms with Crippen LogP contribution in [-0.4, -0.2) is 36.8 Å². The normalized spacial score (nSPS) is 14.2. The average Bonchev–Trinajstić information content (AvgIpc) is 3.52. The van der Waals surface area contributed by atoms with Crippen molar-refractivity contribution >= 4 is 23.6 Å². The average molecular weight is 408 g/mol. The molecule has 0 radical (unpaired) electrons. The first-order chi connectivity index (χ1) is 14.1. The van der Waals surface area contributed by atoms with Gasteiger partial charge in [0.15, 0.2) is 11.0 Å². The zero-order chi connectivity index (χ0) is 20.2. The first-order valence-electron chi connectivity index (χ1n) is 9.30. The summed E-state index contributed by atoms with van der Waals surface area (Å²) in [7, 11) is 0. The minimum atomic E-state index is -0.463. The predicted molar refractivity (Wildman–Crippen MR) is 109 cm³/mol. The lowest BCUT2D eigenvalue weighted by Gasteiger charge is -2.14. The van der Waals surface area contributed by atoms with Crippen LogP contribution >= 0.6 is 11.8 Å². The number of hydrazine groups is 1. The van der Waals surface area contributed by atoms with Gasteiger partial charge in [-0.25, -0.2) is 0 Å². The molecule has 2 amide bonds. The summed E-state index contributed by atoms with van der Waals surface area (Å²) in [4.78, 5) is 28.7. The molecule has 2 aromatic heterocycles. The van der Waals surface area contributed by atoms with Gasteiger partial charge in [0.1, 0.15) is 0 Å². The van der Waals surface area contributed by atoms with Crippen molar-refractivity contribution < 1.29 is 9.59 Å². The molecular weight excluding hydrogens is 388 g/mol. The zero-order valence-corrected chi connectivity index (χ0v) is 16.6. The van der Waals surface area contributed by atoms with E-state index in [1.165, 1.54) is 11.8 Å². The molecule has 0 bridgehead atoms. The largest absolute Gasteiger partial charge is 0.299 e. The monoisotopic (exact) mass is 408 g/mol. The smallest absolute Gasteiger partial charge is 0.269 e. The van der Waals surface area contributed by atoms with E-state index in [1.807, 2.05) is 18.2 Å². The molecule has 0 spiro atoms. The Morgan fingerprint density at radius 3 is 2.59 bits per heavy atom. The summed E-state index contributed by atoms with van der Waals surface area (Å²) in [5, 5.41) is 8.84. The van der Waals surface area contributed by atoms with E-state index < -0.39 is 5.25 Å². The van der Waals surface area contributed by atoms with Crippen LogP contribution in [-0.2, 0) is 4.79 Å². The van der Waals surface area contributed by atoms with E-state index >= 15 is 0 Å². The van der Waals surface area contributed by atoms with E-state index in [-0.39, 0.29) is 11.8 Å². The number of amides is 2. The number of carbonyl (C=O) groups is 2. The highest BCUT2D eigenvalue weighted by molar-refractivity contribution is 8.00. The highest BCUT2D eigenvalue weighted by atomic mass is 32.2. The van der Waals surface area contributed by atoms with E-state index in [1.54, 1.807) is 43.6 Å². The molecule has 1 saturated carbocycles. The van der Waals surface area contributed by atoms with E-state index in [4.69, 9.17) is 0 Å². The van der Waals surface area contributed by atoms with Crippen molar-refractivity contribution in [2.24, 2.45) is 0 Å². The summed E-state index contributed by atoms with van der Waals surface area (Å²) in [5.41, 5.74) is 6.29. The van der Waals surface area contributed by atoms with Crippen LogP contribution < -0.4 is 10.9 Å². The Morgan fingerprint density at radius 1 is 1.10 bits per heavy atom. The topological polar surface area (TPSA) is 102 Å². The summed E-state index contributed by atoms with van der Waals surface area (Å²) < 4.78 is 2.08. The van der Waals surface area contributed by atoms with Gasteiger partial charge < -0.3 is 0 Å². The lowest BCUT2D eigenvalue weighted by Crippen LogP contribution is -2.44. The third kappa shape index (κ3) is 4.45. The third-order valence-electron chi connectivity index (χ3n) is 4.48. The molecule has 148 valence electrons. The molecule has 1 fully saturated rings. The van der Waals surface area contributed by atoms with Crippen molar-refractivity contribution in [3.8, 4) is 11.4 Å². The SMILES string of the molecule is C[C@@H](Sc1nnc(-c2cccnc2)n1C1CC1)C(=O)NNC(=O)c1ccccc1. The quantitative estimate of drug-likeness (QED) is 0.480. The zero-order valence-electron chi connectivity index (χ0n) is 15.8. The van der Waals surface area contributed by atoms with Gasteiger partial charge in [-0.2, -0.15) is 0 Å². The number of pyridine rings is 1. The van der Waals surface area contributed by atoms with Crippen molar-refractivity contribution in [3.63, 3.8) is 0 Å². The minimum absolute atomic E-state index is 0.312. The molecule has 4 rings (SSSR count). The molecule has 2 heterocycles. The van der Waals surface area contributed by atoms with Crippen molar-refractivity contribution in [2.45, 2.75) is 36.2 Å². The predicted octanol–water partition coefficient (Wildman–Crippen LogP) is 2.62. The van der Waals surface area contributed by atoms with E-state index in [0.29, 0.717) is 16.8 Å². The van der Waals surface area contributed by atoms with Crippen LogP contribution in [0, 0.1) is 0 Å². The first-order valence-corrected chi connectivity index (χ1v) is 10.2. The number of benzene rings is 1. The lowest BCUT2D eigenvalue weighted by molar-refractivity contribution is -0.121. The van der Waals surface area contributed by atoms with Crippen LogP contribution in [0.3, 0.4) is 0 Å². The number of nitrogens with one attached hydrogen (secondary N) is 2. The Morgan fingerprint density at radius 2 is 1.90 bits per heavy atom. The number of carbonyl (C=O) groups excluding carboxylic acids is 2. The fraction of sp³-hybridized carbons (Fsp3) is 0.250. The van der Waals surface area contributed by atoms with Crippen LogP contribution in [0.5, 0.6) is 0 Å². The molecular formula is C20H20N6O2S. The second-order valence-electron chi connectivity index (χ2n) is 6.72. The Kier molecular flexibility index (Phi) is 5.57. The van der Waals surface area contributed by atoms with Crippen LogP contribution in [0.2, 0.25) is 0 Å². The molecule has 0 saturated heterocycles. The van der Waals surface area contributed by atoms with Crippen molar-refractivity contribution in [3.05, 3.63) is 60.4 Å². The fourth-order valence-electron chi connectivity index (χ4n) is 2.80. The number of hydrogen-bond donors (Lipinski definition) is 2. The summed E-state index contributed by atoms with van der Waals surface area (Å²) in [6, 6.07) is 12.9. The van der Waals surface area contributed by atoms with Gasteiger partial charge in [0, 0.05) is 29.6 Å². The van der Waals surface area contributed by atoms with Crippen LogP contribution in [0.25, 0.3) is 11.4 Å². The van der Waals surface area contributed by atoms with Crippen LogP contribution in [0.4, 0.5) is 0 Å². The number of aromatic nitrogens is 4. The molecule has 1 aliphatic carbocycles. The standard InChI is InChI=1S/C20H20N6O2S/c1-13(18(27)23-24-19(28)14-6-3-2-4-7-14)29-20-25-22-17(26(20)16-9-10-16)15-8-5-11-21-12-15/h2-8,11-13,16H,9-10H2,1H3,(H,23,27)(H,24,28)/t13-/m1/s1. The Bertz CT molecular complexity index is 1000. The third-order valence-corrected chi connectivity index (χ3v) is 5.54. The highest BCUT2D eigenvalue weighted by Crippen LogP contribution is 2.41. The summed E-state index contributed by atoms with van der Waals surface area (Å²) in [6.07, 6.45) is 5.60. The van der Waals surface area contributed by atoms with Crippen LogP contribution in [0.15, 0.2) is 60.0 Å². The first kappa shape index (κ1) is 19.1. The molecule has 1 aromatic carbocycles. The molecule has 2 N–H and O–H groups in total. The van der Waals surface area contributed by atoms with Gasteiger partial charge >= 0.3 is 0 Å². The Balaban J connectivity index is 1.42. The Hall–Kier alpha value is -3.20. The second kappa shape index (κ2) is 8.44. The van der Waals surface area contributed by atoms with Gasteiger partial charge in [-0.05, 0) is 44.0 Å². The molecule has 8 nitrogen and oxygen atoms in total. The van der Waals surface area contributed by atoms with Gasteiger partial charge in [-0.3, -0.25) is 30.0 Å². The molecule has 0 unspecified atom stereocenters. The van der Waals surface area contributed by atoms with E-state index in [0.717, 1.165) is 24.2 Å². The van der Waals surface area contributed by atoms with Crippen molar-refractivity contribution in [1.82, 2.24) is 30.6 Å². The molecule has 29 heavy (non-hydrogen) atoms. The maximum absolute atomic E-state index is 12.4. The van der Waals surface area contributed by atoms with Crippen LogP contribution in [0.1, 0.15) is 36.2 Å². The molecule has 9 heteroatoms. The van der Waals surface area contributed by atoms with Crippen molar-refractivity contribution in [1.29, 1.82) is 0 Å². The van der Waals surface area contributed by atoms with Gasteiger partial charge in [-0.15, -0.1) is 10.2 Å². The molecule has 1 aliphatic rings. The molecule has 1 atom stereocenters. The van der Waals surface area contributed by atoms with Gasteiger partial charge in [0.25, 0.3) is 11.8 Å². The number of nitrogens with zero attached hydrogens (tertiary/aromatic N) is 4. The maximum atomic E-state index is 12.4. The lowest BCUT2D eigenvalue weighted by atomic mass is 10.2. The van der Waals surface area contributed by atoms with Gasteiger partial charge in [0.05, 0.1) is 5.25 Å². The summed E-state index contributed by atoms with van der Waals surface area (Å²) in [5.74, 6) is 0.0804. The highest BCUT2D eigenvalue weighted by Gasteiger charge is 2.31. The summed E-state index contributed by atoms with van der Waals surface area (Å²) >= 11 is 1.32. The maximum Gasteiger partial charge on any atom is 0.269 e. The molecule has 3 aromatic rings. The number of thioether (sulfide) groups is 1. The fourth-order valence-corrected chi connectivity index (χ4v) is 3.72. The number of hydrogen-bond acceptors (Lipinski definition) is 6. The van der Waals surface area contributed by atoms with E-state index in [9.17, 15) is 9.59 Å². The number of rotatable bonds is 6. The molecule has 0 aliphatic heterocycles. The van der Waals surface area contributed by atoms with E-state index in [2.05, 4.69) is 30.6 Å². The second-order valence-corrected chi connectivity index (χ2v) is 8.03.